The van der Waals surface area contributed by atoms with Gasteiger partial charge < -0.3 is 20.7 Å². The number of hydrogen-bond acceptors (Lipinski definition) is 7. The Bertz CT molecular complexity index is 649. The van der Waals surface area contributed by atoms with E-state index in [1.807, 2.05) is 0 Å². The summed E-state index contributed by atoms with van der Waals surface area (Å²) in [5.41, 5.74) is 6.67. The quantitative estimate of drug-likeness (QED) is 0.604. The second kappa shape index (κ2) is 4.88. The number of aliphatic hydroxyl groups excluding tert-OH is 2. The van der Waals surface area contributed by atoms with Crippen molar-refractivity contribution in [3.8, 4) is 0 Å². The molecule has 0 aliphatic carbocycles. The molecule has 0 aromatic carbocycles. The summed E-state index contributed by atoms with van der Waals surface area (Å²) in [5.74, 6) is 0.265. The molecule has 2 aromatic rings. The van der Waals surface area contributed by atoms with Crippen molar-refractivity contribution in [2.45, 2.75) is 21.7 Å². The van der Waals surface area contributed by atoms with E-state index in [9.17, 15) is 10.2 Å². The van der Waals surface area contributed by atoms with Crippen molar-refractivity contribution in [2.75, 3.05) is 12.3 Å². The fourth-order valence-corrected chi connectivity index (χ4v) is 3.41. The van der Waals surface area contributed by atoms with Gasteiger partial charge in [0.2, 0.25) is 0 Å². The lowest BCUT2D eigenvalue weighted by molar-refractivity contribution is -0.0432. The molecule has 0 radical (unpaired) electrons. The SMILES string of the molecule is Nc1ncnc2c1ncn2[C@@H]1O[C@H](CO)[C@H](O)C1(Br)Br. The molecule has 1 aliphatic heterocycles. The molecule has 1 saturated heterocycles. The van der Waals surface area contributed by atoms with E-state index in [1.165, 1.54) is 12.7 Å². The van der Waals surface area contributed by atoms with Gasteiger partial charge in [0.1, 0.15) is 24.1 Å². The second-order valence-corrected chi connectivity index (χ2v) is 8.10. The lowest BCUT2D eigenvalue weighted by Crippen LogP contribution is -2.36. The average molecular weight is 409 g/mol. The monoisotopic (exact) mass is 407 g/mol. The van der Waals surface area contributed by atoms with Crippen LogP contribution in [0.2, 0.25) is 0 Å². The minimum absolute atomic E-state index is 0.265. The molecule has 10 heteroatoms. The van der Waals surface area contributed by atoms with Crippen molar-refractivity contribution in [2.24, 2.45) is 0 Å². The van der Waals surface area contributed by atoms with Gasteiger partial charge in [0.25, 0.3) is 0 Å². The van der Waals surface area contributed by atoms with Crippen LogP contribution in [0.15, 0.2) is 12.7 Å². The van der Waals surface area contributed by atoms with Crippen LogP contribution in [0.4, 0.5) is 5.82 Å². The summed E-state index contributed by atoms with van der Waals surface area (Å²) in [6.45, 7) is -0.305. The molecule has 108 valence electrons. The smallest absolute Gasteiger partial charge is 0.167 e. The Balaban J connectivity index is 2.10. The van der Waals surface area contributed by atoms with Gasteiger partial charge in [-0.3, -0.25) is 4.57 Å². The van der Waals surface area contributed by atoms with Gasteiger partial charge >= 0.3 is 0 Å². The van der Waals surface area contributed by atoms with E-state index < -0.39 is 21.7 Å². The highest BCUT2D eigenvalue weighted by Gasteiger charge is 2.54. The molecule has 0 unspecified atom stereocenters. The number of aromatic nitrogens is 4. The summed E-state index contributed by atoms with van der Waals surface area (Å²) in [4.78, 5) is 12.1. The largest absolute Gasteiger partial charge is 0.394 e. The maximum Gasteiger partial charge on any atom is 0.167 e. The third-order valence-electron chi connectivity index (χ3n) is 3.20. The van der Waals surface area contributed by atoms with Crippen LogP contribution in [0.3, 0.4) is 0 Å². The van der Waals surface area contributed by atoms with E-state index in [2.05, 4.69) is 46.8 Å². The Morgan fingerprint density at radius 1 is 1.40 bits per heavy atom. The van der Waals surface area contributed by atoms with Crippen molar-refractivity contribution in [1.82, 2.24) is 19.5 Å². The molecule has 4 N–H and O–H groups in total. The summed E-state index contributed by atoms with van der Waals surface area (Å²) in [7, 11) is 0. The maximum absolute atomic E-state index is 10.1. The molecule has 8 nitrogen and oxygen atoms in total. The van der Waals surface area contributed by atoms with Crippen molar-refractivity contribution < 1.29 is 14.9 Å². The Morgan fingerprint density at radius 3 is 2.80 bits per heavy atom. The van der Waals surface area contributed by atoms with Gasteiger partial charge in [-0.15, -0.1) is 0 Å². The van der Waals surface area contributed by atoms with Crippen LogP contribution in [-0.4, -0.2) is 51.8 Å². The number of alkyl halides is 2. The lowest BCUT2D eigenvalue weighted by Gasteiger charge is -2.24. The van der Waals surface area contributed by atoms with E-state index in [1.54, 1.807) is 4.57 Å². The van der Waals surface area contributed by atoms with Gasteiger partial charge in [-0.25, -0.2) is 15.0 Å². The molecule has 1 aliphatic rings. The van der Waals surface area contributed by atoms with Crippen LogP contribution in [-0.2, 0) is 4.74 Å². The Hall–Kier alpha value is -0.810. The summed E-state index contributed by atoms with van der Waals surface area (Å²) >= 11 is 6.78. The average Bonchev–Trinajstić information content (AvgIpc) is 2.92. The third-order valence-corrected chi connectivity index (χ3v) is 4.92. The zero-order valence-corrected chi connectivity index (χ0v) is 13.2. The Morgan fingerprint density at radius 2 is 2.15 bits per heavy atom. The number of ether oxygens (including phenoxy) is 1. The van der Waals surface area contributed by atoms with Crippen LogP contribution in [0, 0.1) is 0 Å². The van der Waals surface area contributed by atoms with Gasteiger partial charge in [0.15, 0.2) is 20.9 Å². The minimum Gasteiger partial charge on any atom is -0.394 e. The number of nitrogens with two attached hydrogens (primary N) is 1. The van der Waals surface area contributed by atoms with Crippen molar-refractivity contribution >= 4 is 48.8 Å². The summed E-state index contributed by atoms with van der Waals surface area (Å²) in [5, 5.41) is 19.4. The van der Waals surface area contributed by atoms with Crippen LogP contribution in [0.1, 0.15) is 6.23 Å². The first-order valence-corrected chi connectivity index (χ1v) is 7.30. The molecule has 2 aromatic heterocycles. The first kappa shape index (κ1) is 14.1. The highest BCUT2D eigenvalue weighted by molar-refractivity contribution is 9.25. The molecule has 3 atom stereocenters. The van der Waals surface area contributed by atoms with Gasteiger partial charge in [-0.1, -0.05) is 31.9 Å². The first-order chi connectivity index (χ1) is 9.46. The predicted molar refractivity (Wildman–Crippen MR) is 77.3 cm³/mol. The van der Waals surface area contributed by atoms with E-state index in [4.69, 9.17) is 10.5 Å². The van der Waals surface area contributed by atoms with Crippen molar-refractivity contribution in [3.05, 3.63) is 12.7 Å². The molecule has 3 heterocycles. The molecular weight excluding hydrogens is 398 g/mol. The van der Waals surface area contributed by atoms with Crippen molar-refractivity contribution in [3.63, 3.8) is 0 Å². The van der Waals surface area contributed by atoms with E-state index in [0.717, 1.165) is 0 Å². The third kappa shape index (κ3) is 1.94. The molecule has 1 fully saturated rings. The standard InChI is InChI=1S/C10H11Br2N5O3/c11-10(12)6(19)4(1-18)20-9(10)17-3-16-5-7(13)14-2-15-8(5)17/h2-4,6,9,18-19H,1H2,(H2,13,14,15)/t4-,6+,9-/m1/s1. The Labute approximate surface area is 130 Å². The van der Waals surface area contributed by atoms with Crippen LogP contribution in [0.25, 0.3) is 11.2 Å². The maximum atomic E-state index is 10.1. The number of rotatable bonds is 2. The van der Waals surface area contributed by atoms with Gasteiger partial charge in [-0.2, -0.15) is 0 Å². The number of halogens is 2. The van der Waals surface area contributed by atoms with Crippen molar-refractivity contribution in [1.29, 1.82) is 0 Å². The summed E-state index contributed by atoms with van der Waals surface area (Å²) in [6.07, 6.45) is 0.498. The topological polar surface area (TPSA) is 119 Å². The van der Waals surface area contributed by atoms with Crippen LogP contribution >= 0.6 is 31.9 Å². The van der Waals surface area contributed by atoms with Gasteiger partial charge in [0, 0.05) is 0 Å². The van der Waals surface area contributed by atoms with Crippen LogP contribution in [0.5, 0.6) is 0 Å². The number of nitrogen functional groups attached to an aromatic ring is 1. The molecular formula is C10H11Br2N5O3. The molecule has 20 heavy (non-hydrogen) atoms. The number of imidazole rings is 1. The highest BCUT2D eigenvalue weighted by Crippen LogP contribution is 2.49. The van der Waals surface area contributed by atoms with E-state index in [0.29, 0.717) is 11.2 Å². The zero-order valence-electron chi connectivity index (χ0n) is 10.0. The second-order valence-electron chi connectivity index (χ2n) is 4.41. The van der Waals surface area contributed by atoms with E-state index in [-0.39, 0.29) is 12.4 Å². The van der Waals surface area contributed by atoms with Crippen LogP contribution < -0.4 is 5.73 Å². The number of nitrogens with zero attached hydrogens (tertiary/aromatic N) is 4. The van der Waals surface area contributed by atoms with E-state index >= 15 is 0 Å². The number of hydrogen-bond donors (Lipinski definition) is 3. The number of aliphatic hydroxyl groups is 2. The predicted octanol–water partition coefficient (Wildman–Crippen LogP) is 0.145. The molecule has 0 spiro atoms. The molecule has 0 saturated carbocycles. The molecule has 3 rings (SSSR count). The fourth-order valence-electron chi connectivity index (χ4n) is 2.16. The molecule has 0 amide bonds. The zero-order chi connectivity index (χ0) is 14.5. The van der Waals surface area contributed by atoms with Gasteiger partial charge in [0.05, 0.1) is 12.9 Å². The lowest BCUT2D eigenvalue weighted by atomic mass is 10.2. The Kier molecular flexibility index (Phi) is 3.45. The summed E-state index contributed by atoms with van der Waals surface area (Å²) < 4.78 is 6.31. The number of anilines is 1. The highest BCUT2D eigenvalue weighted by atomic mass is 79.9. The summed E-state index contributed by atoms with van der Waals surface area (Å²) in [6, 6.07) is 0. The molecule has 0 bridgehead atoms. The normalized spacial score (nSPS) is 29.1. The minimum atomic E-state index is -0.971. The van der Waals surface area contributed by atoms with Gasteiger partial charge in [-0.05, 0) is 0 Å². The first-order valence-electron chi connectivity index (χ1n) is 5.72. The number of fused-ring (bicyclic) bond motifs is 1. The fraction of sp³-hybridized carbons (Fsp3) is 0.500.